The van der Waals surface area contributed by atoms with E-state index in [-0.39, 0.29) is 0 Å². The molecule has 0 aliphatic carbocycles. The standard InChI is InChI=1S/C16H13F11O3/c1-8(28)30-10-6-4-3-5-9(10)11(2,29)7-12(17,18)13(19,20)14(21,22)15(23,24)16(25,26)27/h3-6,29H,7H2,1-2H3. The molecule has 172 valence electrons. The lowest BCUT2D eigenvalue weighted by atomic mass is 9.84. The number of alkyl halides is 11. The number of para-hydroxylation sites is 1. The number of esters is 1. The Morgan fingerprint density at radius 3 is 1.77 bits per heavy atom. The molecule has 14 heteroatoms. The summed E-state index contributed by atoms with van der Waals surface area (Å²) in [6.45, 7) is 1.19. The highest BCUT2D eigenvalue weighted by molar-refractivity contribution is 5.70. The fraction of sp³-hybridized carbons (Fsp3) is 0.562. The maximum absolute atomic E-state index is 14.0. The summed E-state index contributed by atoms with van der Waals surface area (Å²) in [4.78, 5) is 11.0. The van der Waals surface area contributed by atoms with Crippen LogP contribution in [0.2, 0.25) is 0 Å². The summed E-state index contributed by atoms with van der Waals surface area (Å²) in [7, 11) is 0. The van der Waals surface area contributed by atoms with Crippen LogP contribution in [-0.4, -0.2) is 40.9 Å². The monoisotopic (exact) mass is 462 g/mol. The van der Waals surface area contributed by atoms with Crippen LogP contribution in [0.15, 0.2) is 24.3 Å². The maximum Gasteiger partial charge on any atom is 0.460 e. The first-order valence-corrected chi connectivity index (χ1v) is 7.70. The fourth-order valence-corrected chi connectivity index (χ4v) is 2.40. The van der Waals surface area contributed by atoms with Crippen molar-refractivity contribution in [2.45, 2.75) is 55.7 Å². The van der Waals surface area contributed by atoms with Crippen LogP contribution in [0.1, 0.15) is 25.8 Å². The number of carbonyl (C=O) groups is 1. The van der Waals surface area contributed by atoms with Crippen LogP contribution < -0.4 is 4.74 Å². The van der Waals surface area contributed by atoms with Gasteiger partial charge in [0.2, 0.25) is 0 Å². The second kappa shape index (κ2) is 7.54. The normalized spacial score (nSPS) is 16.2. The molecule has 0 fully saturated rings. The van der Waals surface area contributed by atoms with Gasteiger partial charge in [-0.1, -0.05) is 18.2 Å². The van der Waals surface area contributed by atoms with Crippen LogP contribution in [-0.2, 0) is 10.4 Å². The molecule has 0 aromatic heterocycles. The van der Waals surface area contributed by atoms with Gasteiger partial charge in [-0.25, -0.2) is 0 Å². The number of ether oxygens (including phenoxy) is 1. The van der Waals surface area contributed by atoms with E-state index in [2.05, 4.69) is 4.74 Å². The summed E-state index contributed by atoms with van der Waals surface area (Å²) in [5.41, 5.74) is -4.05. The Morgan fingerprint density at radius 2 is 1.33 bits per heavy atom. The second-order valence-corrected chi connectivity index (χ2v) is 6.47. The molecular formula is C16H13F11O3. The van der Waals surface area contributed by atoms with E-state index in [0.29, 0.717) is 6.92 Å². The summed E-state index contributed by atoms with van der Waals surface area (Å²) >= 11 is 0. The van der Waals surface area contributed by atoms with Gasteiger partial charge in [0.15, 0.2) is 0 Å². The van der Waals surface area contributed by atoms with Gasteiger partial charge in [0.25, 0.3) is 0 Å². The van der Waals surface area contributed by atoms with Gasteiger partial charge < -0.3 is 9.84 Å². The van der Waals surface area contributed by atoms with Crippen molar-refractivity contribution in [3.8, 4) is 5.75 Å². The van der Waals surface area contributed by atoms with Crippen molar-refractivity contribution >= 4 is 5.97 Å². The van der Waals surface area contributed by atoms with Gasteiger partial charge in [-0.2, -0.15) is 48.3 Å². The summed E-state index contributed by atoms with van der Waals surface area (Å²) < 4.78 is 149. The van der Waals surface area contributed by atoms with E-state index in [1.54, 1.807) is 0 Å². The molecular weight excluding hydrogens is 449 g/mol. The van der Waals surface area contributed by atoms with Gasteiger partial charge in [-0.3, -0.25) is 4.79 Å². The highest BCUT2D eigenvalue weighted by atomic mass is 19.4. The minimum Gasteiger partial charge on any atom is -0.426 e. The molecule has 0 amide bonds. The molecule has 3 nitrogen and oxygen atoms in total. The Morgan fingerprint density at radius 1 is 0.867 bits per heavy atom. The zero-order valence-electron chi connectivity index (χ0n) is 14.9. The molecule has 1 aromatic carbocycles. The quantitative estimate of drug-likeness (QED) is 0.339. The SMILES string of the molecule is CC(=O)Oc1ccccc1C(C)(O)CC(F)(F)C(F)(F)C(F)(F)C(F)(F)C(F)(F)F. The first kappa shape index (κ1) is 25.9. The van der Waals surface area contributed by atoms with E-state index < -0.39 is 59.2 Å². The number of hydrogen-bond donors (Lipinski definition) is 1. The summed E-state index contributed by atoms with van der Waals surface area (Å²) in [6.07, 6.45) is -10.0. The van der Waals surface area contributed by atoms with E-state index in [4.69, 9.17) is 0 Å². The molecule has 0 saturated carbocycles. The summed E-state index contributed by atoms with van der Waals surface area (Å²) in [5.74, 6) is -30.4. The topological polar surface area (TPSA) is 46.5 Å². The van der Waals surface area contributed by atoms with Gasteiger partial charge in [-0.05, 0) is 13.0 Å². The third kappa shape index (κ3) is 4.32. The number of benzene rings is 1. The molecule has 0 aliphatic heterocycles. The zero-order valence-corrected chi connectivity index (χ0v) is 14.9. The van der Waals surface area contributed by atoms with Crippen molar-refractivity contribution < 1.29 is 62.9 Å². The number of hydrogen-bond acceptors (Lipinski definition) is 3. The Hall–Kier alpha value is -2.12. The highest BCUT2D eigenvalue weighted by Gasteiger charge is 2.87. The van der Waals surface area contributed by atoms with Crippen molar-refractivity contribution in [3.05, 3.63) is 29.8 Å². The number of halogens is 11. The molecule has 1 atom stereocenters. The van der Waals surface area contributed by atoms with Gasteiger partial charge in [0.05, 0.1) is 12.0 Å². The number of carbonyl (C=O) groups excluding carboxylic acids is 1. The lowest BCUT2D eigenvalue weighted by molar-refractivity contribution is -0.424. The van der Waals surface area contributed by atoms with Gasteiger partial charge in [0.1, 0.15) is 5.75 Å². The third-order valence-electron chi connectivity index (χ3n) is 3.89. The fourth-order valence-electron chi connectivity index (χ4n) is 2.40. The van der Waals surface area contributed by atoms with Crippen molar-refractivity contribution in [1.29, 1.82) is 0 Å². The first-order chi connectivity index (χ1) is 13.1. The van der Waals surface area contributed by atoms with Crippen molar-refractivity contribution in [2.75, 3.05) is 0 Å². The summed E-state index contributed by atoms with van der Waals surface area (Å²) in [6, 6.07) is 3.82. The van der Waals surface area contributed by atoms with E-state index in [0.717, 1.165) is 31.2 Å². The predicted molar refractivity (Wildman–Crippen MR) is 77.8 cm³/mol. The minimum absolute atomic E-state index is 0.360. The van der Waals surface area contributed by atoms with Crippen molar-refractivity contribution in [2.24, 2.45) is 0 Å². The number of rotatable bonds is 7. The maximum atomic E-state index is 14.0. The minimum atomic E-state index is -7.58. The van der Waals surface area contributed by atoms with Crippen LogP contribution in [0.3, 0.4) is 0 Å². The molecule has 1 N–H and O–H groups in total. The smallest absolute Gasteiger partial charge is 0.426 e. The average Bonchev–Trinajstić information content (AvgIpc) is 2.52. The van der Waals surface area contributed by atoms with Crippen LogP contribution in [0.4, 0.5) is 48.3 Å². The lowest BCUT2D eigenvalue weighted by Crippen LogP contribution is -2.67. The van der Waals surface area contributed by atoms with Crippen LogP contribution >= 0.6 is 0 Å². The van der Waals surface area contributed by atoms with Gasteiger partial charge >= 0.3 is 35.8 Å². The average molecular weight is 462 g/mol. The Bertz CT molecular complexity index is 785. The molecule has 0 heterocycles. The predicted octanol–water partition coefficient (Wildman–Crippen LogP) is 5.31. The largest absolute Gasteiger partial charge is 0.460 e. The molecule has 0 bridgehead atoms. The Balaban J connectivity index is 3.43. The second-order valence-electron chi connectivity index (χ2n) is 6.47. The van der Waals surface area contributed by atoms with Gasteiger partial charge in [-0.15, -0.1) is 0 Å². The van der Waals surface area contributed by atoms with Crippen LogP contribution in [0.25, 0.3) is 0 Å². The zero-order chi connectivity index (χ0) is 24.0. The first-order valence-electron chi connectivity index (χ1n) is 7.70. The molecule has 1 unspecified atom stereocenters. The van der Waals surface area contributed by atoms with E-state index in [1.807, 2.05) is 0 Å². The van der Waals surface area contributed by atoms with E-state index >= 15 is 0 Å². The molecule has 0 aliphatic rings. The molecule has 0 radical (unpaired) electrons. The lowest BCUT2D eigenvalue weighted by Gasteiger charge is -2.39. The van der Waals surface area contributed by atoms with Gasteiger partial charge in [0, 0.05) is 12.5 Å². The van der Waals surface area contributed by atoms with Crippen LogP contribution in [0, 0.1) is 0 Å². The Labute approximate surface area is 161 Å². The Kier molecular flexibility index (Phi) is 6.51. The number of aliphatic hydroxyl groups is 1. The molecule has 30 heavy (non-hydrogen) atoms. The molecule has 1 rings (SSSR count). The van der Waals surface area contributed by atoms with Crippen molar-refractivity contribution in [3.63, 3.8) is 0 Å². The van der Waals surface area contributed by atoms with E-state index in [1.165, 1.54) is 0 Å². The van der Waals surface area contributed by atoms with Crippen LogP contribution in [0.5, 0.6) is 5.75 Å². The molecule has 1 aromatic rings. The summed E-state index contributed by atoms with van der Waals surface area (Å²) in [5, 5.41) is 10.1. The molecule has 0 saturated heterocycles. The highest BCUT2D eigenvalue weighted by Crippen LogP contribution is 2.59. The van der Waals surface area contributed by atoms with E-state index in [9.17, 15) is 58.2 Å². The van der Waals surface area contributed by atoms with Crippen molar-refractivity contribution in [1.82, 2.24) is 0 Å². The molecule has 0 spiro atoms. The third-order valence-corrected chi connectivity index (χ3v) is 3.89.